The van der Waals surface area contributed by atoms with Gasteiger partial charge in [0.15, 0.2) is 0 Å². The Morgan fingerprint density at radius 3 is 2.00 bits per heavy atom. The molecule has 0 aromatic rings. The van der Waals surface area contributed by atoms with Crippen molar-refractivity contribution in [1.29, 1.82) is 0 Å². The quantitative estimate of drug-likeness (QED) is 0.696. The maximum Gasteiger partial charge on any atom is 0.235 e. The molecule has 0 bridgehead atoms. The summed E-state index contributed by atoms with van der Waals surface area (Å²) in [5.41, 5.74) is 5.44. The second-order valence-corrected chi connectivity index (χ2v) is 6.45. The van der Waals surface area contributed by atoms with Gasteiger partial charge in [0, 0.05) is 13.1 Å². The maximum atomic E-state index is 13.0. The topological polar surface area (TPSA) is 46.3 Å². The number of nitrogens with two attached hydrogens (primary N) is 1. The van der Waals surface area contributed by atoms with Gasteiger partial charge >= 0.3 is 0 Å². The van der Waals surface area contributed by atoms with Crippen molar-refractivity contribution in [3.63, 3.8) is 0 Å². The van der Waals surface area contributed by atoms with Crippen molar-refractivity contribution < 1.29 is 4.79 Å². The molecule has 116 valence electrons. The SMILES string of the molecule is CCCCN(CCCC)C(=O)C1(C(N)=S)CCCCC1. The molecular weight excluding hydrogens is 268 g/mol. The van der Waals surface area contributed by atoms with Crippen LogP contribution in [0, 0.1) is 5.41 Å². The summed E-state index contributed by atoms with van der Waals surface area (Å²) in [6, 6.07) is 0. The number of rotatable bonds is 8. The monoisotopic (exact) mass is 298 g/mol. The van der Waals surface area contributed by atoms with E-state index in [-0.39, 0.29) is 5.91 Å². The Bertz CT molecular complexity index is 316. The number of carbonyl (C=O) groups excluding carboxylic acids is 1. The van der Waals surface area contributed by atoms with E-state index in [1.165, 1.54) is 6.42 Å². The maximum absolute atomic E-state index is 13.0. The molecule has 0 aliphatic heterocycles. The smallest absolute Gasteiger partial charge is 0.235 e. The Hall–Kier alpha value is -0.640. The van der Waals surface area contributed by atoms with E-state index in [9.17, 15) is 4.79 Å². The molecule has 3 nitrogen and oxygen atoms in total. The van der Waals surface area contributed by atoms with Gasteiger partial charge in [-0.05, 0) is 25.7 Å². The van der Waals surface area contributed by atoms with Crippen LogP contribution in [0.2, 0.25) is 0 Å². The normalized spacial score (nSPS) is 17.7. The number of carbonyl (C=O) groups is 1. The van der Waals surface area contributed by atoms with Crippen LogP contribution in [0.15, 0.2) is 0 Å². The summed E-state index contributed by atoms with van der Waals surface area (Å²) in [6.07, 6.45) is 9.35. The van der Waals surface area contributed by atoms with Gasteiger partial charge in [0.2, 0.25) is 5.91 Å². The highest BCUT2D eigenvalue weighted by atomic mass is 32.1. The van der Waals surface area contributed by atoms with Crippen LogP contribution >= 0.6 is 12.2 Å². The van der Waals surface area contributed by atoms with Crippen LogP contribution in [-0.4, -0.2) is 28.9 Å². The Morgan fingerprint density at radius 1 is 1.10 bits per heavy atom. The van der Waals surface area contributed by atoms with Crippen LogP contribution in [0.5, 0.6) is 0 Å². The van der Waals surface area contributed by atoms with E-state index < -0.39 is 5.41 Å². The van der Waals surface area contributed by atoms with E-state index in [2.05, 4.69) is 13.8 Å². The second-order valence-electron chi connectivity index (χ2n) is 6.01. The fourth-order valence-electron chi connectivity index (χ4n) is 3.04. The molecule has 0 saturated heterocycles. The van der Waals surface area contributed by atoms with Crippen molar-refractivity contribution in [3.05, 3.63) is 0 Å². The Balaban J connectivity index is 2.84. The van der Waals surface area contributed by atoms with E-state index in [0.29, 0.717) is 4.99 Å². The second kappa shape index (κ2) is 8.60. The molecule has 0 atom stereocenters. The van der Waals surface area contributed by atoms with Gasteiger partial charge in [0.05, 0.1) is 10.4 Å². The summed E-state index contributed by atoms with van der Waals surface area (Å²) in [5, 5.41) is 0. The zero-order valence-electron chi connectivity index (χ0n) is 13.1. The van der Waals surface area contributed by atoms with Gasteiger partial charge < -0.3 is 10.6 Å². The zero-order chi connectivity index (χ0) is 15.0. The summed E-state index contributed by atoms with van der Waals surface area (Å²) in [4.78, 5) is 15.5. The van der Waals surface area contributed by atoms with E-state index in [4.69, 9.17) is 18.0 Å². The van der Waals surface area contributed by atoms with Crippen molar-refractivity contribution in [2.24, 2.45) is 11.1 Å². The minimum Gasteiger partial charge on any atom is -0.392 e. The molecule has 1 aliphatic carbocycles. The zero-order valence-corrected chi connectivity index (χ0v) is 13.9. The molecule has 20 heavy (non-hydrogen) atoms. The molecule has 0 radical (unpaired) electrons. The first kappa shape index (κ1) is 17.4. The first-order chi connectivity index (χ1) is 9.58. The van der Waals surface area contributed by atoms with Gasteiger partial charge in [0.25, 0.3) is 0 Å². The summed E-state index contributed by atoms with van der Waals surface area (Å²) in [7, 11) is 0. The van der Waals surface area contributed by atoms with Crippen molar-refractivity contribution >= 4 is 23.1 Å². The number of amides is 1. The van der Waals surface area contributed by atoms with Crippen molar-refractivity contribution in [2.75, 3.05) is 13.1 Å². The molecule has 0 heterocycles. The first-order valence-corrected chi connectivity index (χ1v) is 8.58. The Labute approximate surface area is 129 Å². The summed E-state index contributed by atoms with van der Waals surface area (Å²) in [5.74, 6) is 0.201. The number of hydrogen-bond donors (Lipinski definition) is 1. The van der Waals surface area contributed by atoms with Gasteiger partial charge in [-0.25, -0.2) is 0 Å². The molecule has 4 heteroatoms. The van der Waals surface area contributed by atoms with E-state index >= 15 is 0 Å². The standard InChI is InChI=1S/C16H30N2OS/c1-3-5-12-18(13-6-4-2)15(19)16(14(17)20)10-8-7-9-11-16/h3-13H2,1-2H3,(H2,17,20). The van der Waals surface area contributed by atoms with Gasteiger partial charge in [-0.3, -0.25) is 4.79 Å². The van der Waals surface area contributed by atoms with Crippen LogP contribution in [-0.2, 0) is 4.79 Å². The highest BCUT2D eigenvalue weighted by Crippen LogP contribution is 2.38. The lowest BCUT2D eigenvalue weighted by Gasteiger charge is -2.39. The largest absolute Gasteiger partial charge is 0.392 e. The van der Waals surface area contributed by atoms with Gasteiger partial charge in [-0.15, -0.1) is 0 Å². The third kappa shape index (κ3) is 4.18. The fraction of sp³-hybridized carbons (Fsp3) is 0.875. The molecule has 1 fully saturated rings. The summed E-state index contributed by atoms with van der Waals surface area (Å²) >= 11 is 5.28. The lowest BCUT2D eigenvalue weighted by molar-refractivity contribution is -0.140. The third-order valence-corrected chi connectivity index (χ3v) is 4.83. The third-order valence-electron chi connectivity index (χ3n) is 4.44. The van der Waals surface area contributed by atoms with Crippen molar-refractivity contribution in [2.45, 2.75) is 71.6 Å². The van der Waals surface area contributed by atoms with E-state index in [1.54, 1.807) is 0 Å². The van der Waals surface area contributed by atoms with Crippen molar-refractivity contribution in [1.82, 2.24) is 4.90 Å². The summed E-state index contributed by atoms with van der Waals surface area (Å²) in [6.45, 7) is 6.01. The Morgan fingerprint density at radius 2 is 1.60 bits per heavy atom. The minimum absolute atomic E-state index is 0.201. The van der Waals surface area contributed by atoms with Crippen LogP contribution < -0.4 is 5.73 Å². The Kier molecular flexibility index (Phi) is 7.49. The van der Waals surface area contributed by atoms with Crippen LogP contribution in [0.3, 0.4) is 0 Å². The molecule has 1 aliphatic rings. The first-order valence-electron chi connectivity index (χ1n) is 8.17. The van der Waals surface area contributed by atoms with Gasteiger partial charge in [-0.2, -0.15) is 0 Å². The molecule has 0 aromatic heterocycles. The number of thiocarbonyl (C=S) groups is 1. The molecule has 0 spiro atoms. The predicted octanol–water partition coefficient (Wildman–Crippen LogP) is 3.65. The molecule has 1 rings (SSSR count). The highest BCUT2D eigenvalue weighted by molar-refractivity contribution is 7.80. The number of unbranched alkanes of at least 4 members (excludes halogenated alkanes) is 2. The number of nitrogens with zero attached hydrogens (tertiary/aromatic N) is 1. The average molecular weight is 298 g/mol. The summed E-state index contributed by atoms with van der Waals surface area (Å²) < 4.78 is 0. The van der Waals surface area contributed by atoms with E-state index in [1.807, 2.05) is 4.90 Å². The van der Waals surface area contributed by atoms with Crippen LogP contribution in [0.25, 0.3) is 0 Å². The molecule has 0 aromatic carbocycles. The van der Waals surface area contributed by atoms with Gasteiger partial charge in [0.1, 0.15) is 0 Å². The highest BCUT2D eigenvalue weighted by Gasteiger charge is 2.44. The minimum atomic E-state index is -0.547. The average Bonchev–Trinajstić information content (AvgIpc) is 2.47. The lowest BCUT2D eigenvalue weighted by Crippen LogP contribution is -2.52. The number of hydrogen-bond acceptors (Lipinski definition) is 2. The van der Waals surface area contributed by atoms with Crippen molar-refractivity contribution in [3.8, 4) is 0 Å². The van der Waals surface area contributed by atoms with E-state index in [0.717, 1.165) is 64.5 Å². The molecule has 0 unspecified atom stereocenters. The molecule has 1 amide bonds. The van der Waals surface area contributed by atoms with Crippen LogP contribution in [0.4, 0.5) is 0 Å². The molecule has 1 saturated carbocycles. The lowest BCUT2D eigenvalue weighted by atomic mass is 9.72. The molecular formula is C16H30N2OS. The molecule has 2 N–H and O–H groups in total. The fourth-order valence-corrected chi connectivity index (χ4v) is 3.33. The predicted molar refractivity (Wildman–Crippen MR) is 88.7 cm³/mol. The van der Waals surface area contributed by atoms with Gasteiger partial charge in [-0.1, -0.05) is 58.2 Å². The van der Waals surface area contributed by atoms with Crippen LogP contribution in [0.1, 0.15) is 71.6 Å².